The van der Waals surface area contributed by atoms with Gasteiger partial charge in [-0.1, -0.05) is 12.1 Å². The van der Waals surface area contributed by atoms with Crippen LogP contribution in [0.5, 0.6) is 17.4 Å². The molecule has 1 aromatic heterocycles. The first-order chi connectivity index (χ1) is 20.5. The van der Waals surface area contributed by atoms with Crippen molar-refractivity contribution in [2.24, 2.45) is 0 Å². The summed E-state index contributed by atoms with van der Waals surface area (Å²) in [6.07, 6.45) is -3.64. The van der Waals surface area contributed by atoms with E-state index in [2.05, 4.69) is 30.4 Å². The van der Waals surface area contributed by atoms with E-state index < -0.39 is 17.6 Å². The number of nitrogens with one attached hydrogen (secondary N) is 2. The molecule has 1 fully saturated rings. The zero-order chi connectivity index (χ0) is 31.1. The molecule has 11 nitrogen and oxygen atoms in total. The minimum atomic E-state index is -4.80. The Morgan fingerprint density at radius 1 is 1.12 bits per heavy atom. The molecule has 0 saturated carbocycles. The molecule has 1 saturated heterocycles. The van der Waals surface area contributed by atoms with Gasteiger partial charge in [0.05, 0.1) is 24.9 Å². The van der Waals surface area contributed by atoms with E-state index in [0.717, 1.165) is 5.69 Å². The molecule has 1 amide bonds. The average Bonchev–Trinajstić information content (AvgIpc) is 2.97. The number of halogens is 3. The Balaban J connectivity index is 1.55. The highest BCUT2D eigenvalue weighted by atomic mass is 19.4. The van der Waals surface area contributed by atoms with Gasteiger partial charge in [0, 0.05) is 64.8 Å². The number of alkyl halides is 3. The van der Waals surface area contributed by atoms with Crippen molar-refractivity contribution in [3.05, 3.63) is 59.3 Å². The summed E-state index contributed by atoms with van der Waals surface area (Å²) in [4.78, 5) is 37.5. The summed E-state index contributed by atoms with van der Waals surface area (Å²) in [7, 11) is 6.63. The van der Waals surface area contributed by atoms with Gasteiger partial charge in [0.15, 0.2) is 6.29 Å². The van der Waals surface area contributed by atoms with Crippen LogP contribution in [0.1, 0.15) is 21.5 Å². The molecule has 14 heteroatoms. The Morgan fingerprint density at radius 3 is 2.49 bits per heavy atom. The Morgan fingerprint density at radius 2 is 1.86 bits per heavy atom. The Bertz CT molecular complexity index is 1440. The number of carbonyl (C=O) groups excluding carboxylic acids is 2. The topological polar surface area (TPSA) is 112 Å². The van der Waals surface area contributed by atoms with Crippen molar-refractivity contribution < 1.29 is 32.2 Å². The maximum Gasteiger partial charge on any atom is 0.423 e. The lowest BCUT2D eigenvalue weighted by atomic mass is 10.1. The highest BCUT2D eigenvalue weighted by molar-refractivity contribution is 5.82. The lowest BCUT2D eigenvalue weighted by Gasteiger charge is -2.36. The number of anilines is 3. The van der Waals surface area contributed by atoms with Crippen LogP contribution in [-0.4, -0.2) is 92.9 Å². The second-order valence-corrected chi connectivity index (χ2v) is 10.1. The number of rotatable bonds is 11. The van der Waals surface area contributed by atoms with Gasteiger partial charge in [0.25, 0.3) is 0 Å². The first-order valence-electron chi connectivity index (χ1n) is 13.5. The number of ether oxygens (including phenoxy) is 2. The highest BCUT2D eigenvalue weighted by Crippen LogP contribution is 2.39. The van der Waals surface area contributed by atoms with E-state index in [4.69, 9.17) is 9.47 Å². The lowest BCUT2D eigenvalue weighted by Crippen LogP contribution is -2.49. The first-order valence-corrected chi connectivity index (χ1v) is 13.5. The van der Waals surface area contributed by atoms with Crippen molar-refractivity contribution >= 4 is 29.5 Å². The summed E-state index contributed by atoms with van der Waals surface area (Å²) in [5.74, 6) is -0.498. The number of carbonyl (C=O) groups is 2. The second kappa shape index (κ2) is 13.7. The lowest BCUT2D eigenvalue weighted by molar-refractivity contribution is -0.139. The van der Waals surface area contributed by atoms with Gasteiger partial charge in [-0.2, -0.15) is 18.2 Å². The Kier molecular flexibility index (Phi) is 10.0. The van der Waals surface area contributed by atoms with Crippen LogP contribution in [0.4, 0.5) is 30.5 Å². The first kappa shape index (κ1) is 31.5. The summed E-state index contributed by atoms with van der Waals surface area (Å²) in [5, 5.41) is 5.82. The Hall–Kier alpha value is -4.43. The van der Waals surface area contributed by atoms with Crippen LogP contribution in [-0.2, 0) is 17.5 Å². The van der Waals surface area contributed by atoms with Crippen LogP contribution in [0.3, 0.4) is 0 Å². The summed E-state index contributed by atoms with van der Waals surface area (Å²) >= 11 is 0. The molecule has 43 heavy (non-hydrogen) atoms. The van der Waals surface area contributed by atoms with Gasteiger partial charge in [-0.25, -0.2) is 4.98 Å². The number of piperazine rings is 1. The molecule has 4 rings (SSSR count). The smallest absolute Gasteiger partial charge is 0.423 e. The number of benzene rings is 2. The second-order valence-electron chi connectivity index (χ2n) is 10.1. The van der Waals surface area contributed by atoms with Gasteiger partial charge in [-0.05, 0) is 30.8 Å². The van der Waals surface area contributed by atoms with E-state index in [1.165, 1.54) is 13.2 Å². The van der Waals surface area contributed by atoms with Gasteiger partial charge in [0.2, 0.25) is 17.7 Å². The predicted molar refractivity (Wildman–Crippen MR) is 155 cm³/mol. The number of aromatic nitrogens is 2. The molecule has 0 unspecified atom stereocenters. The minimum absolute atomic E-state index is 0.0519. The van der Waals surface area contributed by atoms with Gasteiger partial charge in [-0.15, -0.1) is 0 Å². The van der Waals surface area contributed by atoms with E-state index in [0.29, 0.717) is 68.8 Å². The standard InChI is InChI=1S/C29H34F3N7O4/c1-33-15-19-6-5-7-24(21(19)18-40)43-27-22(29(30,31)32)16-34-28(36-27)35-23-9-8-20(14-25(23)42-4)39-12-10-38(11-13-39)17-26(41)37(2)3/h5-9,14,16,18,33H,10-13,15,17H2,1-4H3,(H,34,35,36). The van der Waals surface area contributed by atoms with Crippen LogP contribution in [0, 0.1) is 0 Å². The van der Waals surface area contributed by atoms with E-state index in [-0.39, 0.29) is 23.2 Å². The summed E-state index contributed by atoms with van der Waals surface area (Å²) in [6.45, 7) is 3.52. The monoisotopic (exact) mass is 601 g/mol. The van der Waals surface area contributed by atoms with E-state index in [1.807, 2.05) is 12.1 Å². The van der Waals surface area contributed by atoms with Crippen molar-refractivity contribution in [1.29, 1.82) is 0 Å². The quantitative estimate of drug-likeness (QED) is 0.315. The summed E-state index contributed by atoms with van der Waals surface area (Å²) in [6, 6.07) is 10.1. The third-order valence-electron chi connectivity index (χ3n) is 6.93. The van der Waals surface area contributed by atoms with Gasteiger partial charge < -0.3 is 29.9 Å². The molecule has 2 N–H and O–H groups in total. The molecular weight excluding hydrogens is 567 g/mol. The Labute approximate surface area is 247 Å². The molecule has 0 bridgehead atoms. The third kappa shape index (κ3) is 7.70. The van der Waals surface area contributed by atoms with Gasteiger partial charge >= 0.3 is 6.18 Å². The molecule has 0 aliphatic carbocycles. The largest absolute Gasteiger partial charge is 0.494 e. The SMILES string of the molecule is CNCc1cccc(Oc2nc(Nc3ccc(N4CCN(CC(=O)N(C)C)CC4)cc3OC)ncc2C(F)(F)F)c1C=O. The van der Waals surface area contributed by atoms with Crippen LogP contribution in [0.15, 0.2) is 42.6 Å². The summed E-state index contributed by atoms with van der Waals surface area (Å²) in [5.41, 5.74) is 0.797. The normalized spacial score (nSPS) is 13.9. The number of hydrogen-bond acceptors (Lipinski definition) is 10. The van der Waals surface area contributed by atoms with Gasteiger partial charge in [-0.3, -0.25) is 14.5 Å². The number of amides is 1. The molecule has 2 aromatic carbocycles. The molecular formula is C29H34F3N7O4. The van der Waals surface area contributed by atoms with Crippen molar-refractivity contribution in [3.63, 3.8) is 0 Å². The molecule has 0 atom stereocenters. The molecule has 230 valence electrons. The zero-order valence-electron chi connectivity index (χ0n) is 24.4. The van der Waals surface area contributed by atoms with Crippen LogP contribution in [0.25, 0.3) is 0 Å². The molecule has 2 heterocycles. The minimum Gasteiger partial charge on any atom is -0.494 e. The van der Waals surface area contributed by atoms with Crippen molar-refractivity contribution in [2.45, 2.75) is 12.7 Å². The van der Waals surface area contributed by atoms with Crippen molar-refractivity contribution in [3.8, 4) is 17.4 Å². The molecule has 0 spiro atoms. The van der Waals surface area contributed by atoms with E-state index in [9.17, 15) is 22.8 Å². The average molecular weight is 602 g/mol. The van der Waals surface area contributed by atoms with E-state index >= 15 is 0 Å². The molecule has 1 aliphatic heterocycles. The fourth-order valence-electron chi connectivity index (χ4n) is 4.56. The molecule has 3 aromatic rings. The number of hydrogen-bond donors (Lipinski definition) is 2. The van der Waals surface area contributed by atoms with Crippen LogP contribution < -0.4 is 25.0 Å². The van der Waals surface area contributed by atoms with Crippen LogP contribution in [0.2, 0.25) is 0 Å². The number of nitrogens with zero attached hydrogens (tertiary/aromatic N) is 5. The third-order valence-corrected chi connectivity index (χ3v) is 6.93. The van der Waals surface area contributed by atoms with Crippen molar-refractivity contribution in [2.75, 3.05) is 71.2 Å². The van der Waals surface area contributed by atoms with Crippen LogP contribution >= 0.6 is 0 Å². The number of methoxy groups -OCH3 is 1. The fraction of sp³-hybridized carbons (Fsp3) is 0.379. The fourth-order valence-corrected chi connectivity index (χ4v) is 4.56. The number of likely N-dealkylation sites (N-methyl/N-ethyl adjacent to an activating group) is 1. The van der Waals surface area contributed by atoms with Gasteiger partial charge in [0.1, 0.15) is 17.1 Å². The van der Waals surface area contributed by atoms with E-state index in [1.54, 1.807) is 44.2 Å². The number of aldehydes is 1. The maximum atomic E-state index is 13.8. The van der Waals surface area contributed by atoms with Crippen molar-refractivity contribution in [1.82, 2.24) is 25.1 Å². The predicted octanol–water partition coefficient (Wildman–Crippen LogP) is 3.78. The summed E-state index contributed by atoms with van der Waals surface area (Å²) < 4.78 is 52.7. The maximum absolute atomic E-state index is 13.8. The molecule has 0 radical (unpaired) electrons. The highest BCUT2D eigenvalue weighted by Gasteiger charge is 2.37. The zero-order valence-corrected chi connectivity index (χ0v) is 24.4. The molecule has 1 aliphatic rings.